The minimum absolute atomic E-state index is 0.0692. The number of carbonyl (C=O) groups excluding carboxylic acids is 1. The van der Waals surface area contributed by atoms with Gasteiger partial charge in [0.25, 0.3) is 0 Å². The van der Waals surface area contributed by atoms with Crippen molar-refractivity contribution in [3.05, 3.63) is 0 Å². The number of hydrogen-bond acceptors (Lipinski definition) is 3. The van der Waals surface area contributed by atoms with E-state index in [2.05, 4.69) is 0 Å². The molecule has 84 valence electrons. The standard InChI is InChI=1S/C10H22N2O2/c1-5-14-7-6-12(4)9(13)10(2,3)8-11/h5-8,11H2,1-4H3. The normalized spacial score (nSPS) is 11.5. The molecule has 0 saturated carbocycles. The highest BCUT2D eigenvalue weighted by Crippen LogP contribution is 2.15. The van der Waals surface area contributed by atoms with Crippen molar-refractivity contribution in [3.63, 3.8) is 0 Å². The maximum atomic E-state index is 11.8. The number of ether oxygens (including phenoxy) is 1. The number of rotatable bonds is 6. The summed E-state index contributed by atoms with van der Waals surface area (Å²) in [6.07, 6.45) is 0. The van der Waals surface area contributed by atoms with Crippen molar-refractivity contribution in [2.75, 3.05) is 33.4 Å². The van der Waals surface area contributed by atoms with Gasteiger partial charge in [-0.2, -0.15) is 0 Å². The summed E-state index contributed by atoms with van der Waals surface area (Å²) in [5, 5.41) is 0. The molecule has 0 heterocycles. The van der Waals surface area contributed by atoms with E-state index >= 15 is 0 Å². The fraction of sp³-hybridized carbons (Fsp3) is 0.900. The number of nitrogens with two attached hydrogens (primary N) is 1. The van der Waals surface area contributed by atoms with Crippen molar-refractivity contribution in [1.29, 1.82) is 0 Å². The van der Waals surface area contributed by atoms with Crippen LogP contribution >= 0.6 is 0 Å². The molecule has 0 radical (unpaired) electrons. The summed E-state index contributed by atoms with van der Waals surface area (Å²) >= 11 is 0. The fourth-order valence-electron chi connectivity index (χ4n) is 1.05. The van der Waals surface area contributed by atoms with Gasteiger partial charge in [-0.25, -0.2) is 0 Å². The first-order valence-corrected chi connectivity index (χ1v) is 4.99. The van der Waals surface area contributed by atoms with Gasteiger partial charge in [-0.05, 0) is 20.8 Å². The fourth-order valence-corrected chi connectivity index (χ4v) is 1.05. The SMILES string of the molecule is CCOCCN(C)C(=O)C(C)(C)CN. The van der Waals surface area contributed by atoms with Crippen LogP contribution in [-0.2, 0) is 9.53 Å². The molecular weight excluding hydrogens is 180 g/mol. The lowest BCUT2D eigenvalue weighted by molar-refractivity contribution is -0.139. The molecule has 4 heteroatoms. The lowest BCUT2D eigenvalue weighted by Gasteiger charge is -2.27. The molecule has 0 saturated heterocycles. The zero-order valence-corrected chi connectivity index (χ0v) is 9.67. The summed E-state index contributed by atoms with van der Waals surface area (Å²) in [6, 6.07) is 0. The van der Waals surface area contributed by atoms with Crippen molar-refractivity contribution in [1.82, 2.24) is 4.90 Å². The summed E-state index contributed by atoms with van der Waals surface area (Å²) in [5.41, 5.74) is 5.05. The highest BCUT2D eigenvalue weighted by molar-refractivity contribution is 5.81. The van der Waals surface area contributed by atoms with Crippen molar-refractivity contribution in [3.8, 4) is 0 Å². The Kier molecular flexibility index (Phi) is 5.72. The Balaban J connectivity index is 3.99. The third kappa shape index (κ3) is 4.07. The number of amides is 1. The van der Waals surface area contributed by atoms with E-state index < -0.39 is 5.41 Å². The third-order valence-electron chi connectivity index (χ3n) is 2.21. The molecule has 0 spiro atoms. The molecule has 0 aromatic rings. The van der Waals surface area contributed by atoms with Crippen LogP contribution in [0.4, 0.5) is 0 Å². The Hall–Kier alpha value is -0.610. The Labute approximate surface area is 86.4 Å². The summed E-state index contributed by atoms with van der Waals surface area (Å²) in [5.74, 6) is 0.0692. The Morgan fingerprint density at radius 1 is 1.50 bits per heavy atom. The molecule has 4 nitrogen and oxygen atoms in total. The first-order valence-electron chi connectivity index (χ1n) is 4.99. The summed E-state index contributed by atoms with van der Waals surface area (Å²) in [4.78, 5) is 13.4. The molecule has 0 aromatic heterocycles. The van der Waals surface area contributed by atoms with Crippen LogP contribution in [0.25, 0.3) is 0 Å². The first kappa shape index (κ1) is 13.4. The van der Waals surface area contributed by atoms with E-state index in [1.165, 1.54) is 0 Å². The van der Waals surface area contributed by atoms with Crippen molar-refractivity contribution in [2.45, 2.75) is 20.8 Å². The average Bonchev–Trinajstić information content (AvgIpc) is 2.17. The second-order valence-corrected chi connectivity index (χ2v) is 4.01. The van der Waals surface area contributed by atoms with Crippen LogP contribution in [0.1, 0.15) is 20.8 Å². The molecule has 0 bridgehead atoms. The molecule has 14 heavy (non-hydrogen) atoms. The second kappa shape index (κ2) is 5.98. The minimum atomic E-state index is -0.471. The van der Waals surface area contributed by atoms with Gasteiger partial charge in [0, 0.05) is 26.7 Å². The van der Waals surface area contributed by atoms with Crippen LogP contribution in [0.5, 0.6) is 0 Å². The lowest BCUT2D eigenvalue weighted by Crippen LogP contribution is -2.43. The summed E-state index contributed by atoms with van der Waals surface area (Å²) in [7, 11) is 1.78. The molecule has 0 aliphatic rings. The number of hydrogen-bond donors (Lipinski definition) is 1. The van der Waals surface area contributed by atoms with Gasteiger partial charge in [-0.15, -0.1) is 0 Å². The number of nitrogens with zero attached hydrogens (tertiary/aromatic N) is 1. The van der Waals surface area contributed by atoms with Crippen LogP contribution in [0, 0.1) is 5.41 Å². The maximum absolute atomic E-state index is 11.8. The highest BCUT2D eigenvalue weighted by Gasteiger charge is 2.28. The maximum Gasteiger partial charge on any atom is 0.229 e. The molecule has 0 aliphatic heterocycles. The minimum Gasteiger partial charge on any atom is -0.380 e. The zero-order chi connectivity index (χ0) is 11.2. The first-order chi connectivity index (χ1) is 6.45. The van der Waals surface area contributed by atoms with Crippen LogP contribution in [0.3, 0.4) is 0 Å². The Morgan fingerprint density at radius 3 is 2.50 bits per heavy atom. The lowest BCUT2D eigenvalue weighted by atomic mass is 9.92. The van der Waals surface area contributed by atoms with E-state index in [9.17, 15) is 4.79 Å². The Bertz CT molecular complexity index is 181. The average molecular weight is 202 g/mol. The van der Waals surface area contributed by atoms with Crippen LogP contribution in [-0.4, -0.2) is 44.2 Å². The zero-order valence-electron chi connectivity index (χ0n) is 9.67. The van der Waals surface area contributed by atoms with E-state index in [0.717, 1.165) is 0 Å². The van der Waals surface area contributed by atoms with Crippen LogP contribution in [0.2, 0.25) is 0 Å². The van der Waals surface area contributed by atoms with Crippen molar-refractivity contribution < 1.29 is 9.53 Å². The van der Waals surface area contributed by atoms with E-state index in [-0.39, 0.29) is 5.91 Å². The van der Waals surface area contributed by atoms with E-state index in [0.29, 0.717) is 26.3 Å². The number of likely N-dealkylation sites (N-methyl/N-ethyl adjacent to an activating group) is 1. The second-order valence-electron chi connectivity index (χ2n) is 4.01. The van der Waals surface area contributed by atoms with E-state index in [4.69, 9.17) is 10.5 Å². The van der Waals surface area contributed by atoms with Crippen LogP contribution < -0.4 is 5.73 Å². The van der Waals surface area contributed by atoms with Gasteiger partial charge in [-0.1, -0.05) is 0 Å². The van der Waals surface area contributed by atoms with Gasteiger partial charge in [0.15, 0.2) is 0 Å². The van der Waals surface area contributed by atoms with Gasteiger partial charge in [0.2, 0.25) is 5.91 Å². The van der Waals surface area contributed by atoms with E-state index in [1.54, 1.807) is 11.9 Å². The topological polar surface area (TPSA) is 55.6 Å². The van der Waals surface area contributed by atoms with Crippen molar-refractivity contribution in [2.24, 2.45) is 11.1 Å². The molecule has 1 amide bonds. The van der Waals surface area contributed by atoms with Gasteiger partial charge >= 0.3 is 0 Å². The highest BCUT2D eigenvalue weighted by atomic mass is 16.5. The number of carbonyl (C=O) groups is 1. The molecular formula is C10H22N2O2. The molecule has 0 fully saturated rings. The summed E-state index contributed by atoms with van der Waals surface area (Å²) in [6.45, 7) is 7.90. The molecule has 2 N–H and O–H groups in total. The van der Waals surface area contributed by atoms with Gasteiger partial charge in [0.05, 0.1) is 12.0 Å². The largest absolute Gasteiger partial charge is 0.380 e. The predicted molar refractivity (Wildman–Crippen MR) is 57.0 cm³/mol. The molecule has 0 unspecified atom stereocenters. The van der Waals surface area contributed by atoms with Gasteiger partial charge < -0.3 is 15.4 Å². The third-order valence-corrected chi connectivity index (χ3v) is 2.21. The summed E-state index contributed by atoms with van der Waals surface area (Å²) < 4.78 is 5.18. The van der Waals surface area contributed by atoms with Gasteiger partial charge in [0.1, 0.15) is 0 Å². The molecule has 0 aromatic carbocycles. The monoisotopic (exact) mass is 202 g/mol. The smallest absolute Gasteiger partial charge is 0.229 e. The van der Waals surface area contributed by atoms with E-state index in [1.807, 2.05) is 20.8 Å². The Morgan fingerprint density at radius 2 is 2.07 bits per heavy atom. The molecule has 0 atom stereocenters. The molecule has 0 aliphatic carbocycles. The predicted octanol–water partition coefficient (Wildman–Crippen LogP) is 0.466. The van der Waals surface area contributed by atoms with Crippen LogP contribution in [0.15, 0.2) is 0 Å². The molecule has 0 rings (SSSR count). The quantitative estimate of drug-likeness (QED) is 0.637. The van der Waals surface area contributed by atoms with Crippen molar-refractivity contribution >= 4 is 5.91 Å². The van der Waals surface area contributed by atoms with Gasteiger partial charge in [-0.3, -0.25) is 4.79 Å².